The van der Waals surface area contributed by atoms with Crippen molar-refractivity contribution in [2.24, 2.45) is 5.92 Å². The van der Waals surface area contributed by atoms with Gasteiger partial charge in [0.2, 0.25) is 35.4 Å². The molecule has 0 bridgehead atoms. The highest BCUT2D eigenvalue weighted by atomic mass is 16.3. The summed E-state index contributed by atoms with van der Waals surface area (Å²) in [5.41, 5.74) is 1.42. The second kappa shape index (κ2) is 17.6. The van der Waals surface area contributed by atoms with Crippen molar-refractivity contribution in [3.63, 3.8) is 0 Å². The molecular formula is C32H42N6O8. The molecule has 46 heavy (non-hydrogen) atoms. The fourth-order valence-electron chi connectivity index (χ4n) is 4.88. The van der Waals surface area contributed by atoms with Gasteiger partial charge in [-0.2, -0.15) is 0 Å². The van der Waals surface area contributed by atoms with E-state index in [9.17, 15) is 39.0 Å². The van der Waals surface area contributed by atoms with E-state index < -0.39 is 84.7 Å². The molecule has 0 saturated carbocycles. The molecule has 0 radical (unpaired) electrons. The highest BCUT2D eigenvalue weighted by Gasteiger charge is 2.34. The van der Waals surface area contributed by atoms with Crippen molar-refractivity contribution in [1.82, 2.24) is 31.9 Å². The van der Waals surface area contributed by atoms with Gasteiger partial charge >= 0.3 is 0 Å². The maximum atomic E-state index is 13.9. The Balaban J connectivity index is 2.02. The largest absolute Gasteiger partial charge is 0.396 e. The van der Waals surface area contributed by atoms with Gasteiger partial charge in [0.25, 0.3) is 0 Å². The lowest BCUT2D eigenvalue weighted by Gasteiger charge is -2.29. The number of aliphatic hydroxyl groups excluding tert-OH is 2. The summed E-state index contributed by atoms with van der Waals surface area (Å²) in [6.07, 6.45) is 0.199. The van der Waals surface area contributed by atoms with Crippen LogP contribution in [0.2, 0.25) is 0 Å². The lowest BCUT2D eigenvalue weighted by atomic mass is 9.96. The Morgan fingerprint density at radius 1 is 0.652 bits per heavy atom. The highest BCUT2D eigenvalue weighted by molar-refractivity contribution is 5.97. The van der Waals surface area contributed by atoms with E-state index in [4.69, 9.17) is 0 Å². The maximum absolute atomic E-state index is 13.9. The van der Waals surface area contributed by atoms with Crippen LogP contribution in [0.3, 0.4) is 0 Å². The van der Waals surface area contributed by atoms with Crippen molar-refractivity contribution in [3.8, 4) is 0 Å². The molecular weight excluding hydrogens is 596 g/mol. The molecule has 248 valence electrons. The van der Waals surface area contributed by atoms with E-state index in [1.165, 1.54) is 6.92 Å². The molecule has 2 aromatic carbocycles. The van der Waals surface area contributed by atoms with Crippen LogP contribution in [0.1, 0.15) is 31.4 Å². The van der Waals surface area contributed by atoms with Crippen molar-refractivity contribution in [2.75, 3.05) is 19.8 Å². The molecule has 0 spiro atoms. The molecule has 1 aliphatic heterocycles. The third-order valence-corrected chi connectivity index (χ3v) is 7.57. The molecule has 1 aliphatic rings. The normalized spacial score (nSPS) is 24.6. The lowest BCUT2D eigenvalue weighted by molar-refractivity contribution is -0.136. The van der Waals surface area contributed by atoms with E-state index in [-0.39, 0.29) is 25.9 Å². The average Bonchev–Trinajstić information content (AvgIpc) is 3.04. The topological polar surface area (TPSA) is 215 Å². The minimum absolute atomic E-state index is 0.0290. The van der Waals surface area contributed by atoms with Crippen LogP contribution in [0.25, 0.3) is 0 Å². The Morgan fingerprint density at radius 2 is 1.15 bits per heavy atom. The van der Waals surface area contributed by atoms with Crippen LogP contribution >= 0.6 is 0 Å². The first-order valence-electron chi connectivity index (χ1n) is 15.1. The van der Waals surface area contributed by atoms with Gasteiger partial charge in [0.05, 0.1) is 13.2 Å². The predicted molar refractivity (Wildman–Crippen MR) is 167 cm³/mol. The number of rotatable bonds is 8. The fourth-order valence-corrected chi connectivity index (χ4v) is 4.88. The predicted octanol–water partition coefficient (Wildman–Crippen LogP) is -1.94. The molecule has 0 aliphatic carbocycles. The van der Waals surface area contributed by atoms with Gasteiger partial charge in [0.1, 0.15) is 30.2 Å². The minimum Gasteiger partial charge on any atom is -0.396 e. The van der Waals surface area contributed by atoms with Gasteiger partial charge in [-0.3, -0.25) is 28.8 Å². The number of hydrogen-bond donors (Lipinski definition) is 8. The fraction of sp³-hybridized carbons (Fsp3) is 0.438. The summed E-state index contributed by atoms with van der Waals surface area (Å²) in [5.74, 6) is -5.13. The third-order valence-electron chi connectivity index (χ3n) is 7.57. The molecule has 3 rings (SSSR count). The van der Waals surface area contributed by atoms with E-state index in [1.807, 2.05) is 0 Å². The van der Waals surface area contributed by atoms with E-state index >= 15 is 0 Å². The van der Waals surface area contributed by atoms with Gasteiger partial charge in [-0.1, -0.05) is 67.6 Å². The molecule has 8 N–H and O–H groups in total. The van der Waals surface area contributed by atoms with Gasteiger partial charge in [-0.05, 0) is 30.4 Å². The van der Waals surface area contributed by atoms with Crippen LogP contribution in [-0.2, 0) is 41.6 Å². The number of benzene rings is 2. The van der Waals surface area contributed by atoms with Crippen molar-refractivity contribution in [3.05, 3.63) is 71.8 Å². The van der Waals surface area contributed by atoms with Crippen LogP contribution in [0.5, 0.6) is 0 Å². The maximum Gasteiger partial charge on any atom is 0.245 e. The summed E-state index contributed by atoms with van der Waals surface area (Å²) in [7, 11) is 0. The molecule has 0 unspecified atom stereocenters. The minimum atomic E-state index is -1.47. The average molecular weight is 639 g/mol. The van der Waals surface area contributed by atoms with Gasteiger partial charge in [-0.25, -0.2) is 0 Å². The monoisotopic (exact) mass is 638 g/mol. The van der Waals surface area contributed by atoms with Crippen molar-refractivity contribution in [1.29, 1.82) is 0 Å². The molecule has 14 nitrogen and oxygen atoms in total. The smallest absolute Gasteiger partial charge is 0.245 e. The Kier molecular flexibility index (Phi) is 13.7. The second-order valence-corrected chi connectivity index (χ2v) is 11.2. The Morgan fingerprint density at radius 3 is 1.67 bits per heavy atom. The summed E-state index contributed by atoms with van der Waals surface area (Å²) in [4.78, 5) is 79.4. The van der Waals surface area contributed by atoms with Crippen LogP contribution < -0.4 is 31.9 Å². The van der Waals surface area contributed by atoms with E-state index in [0.717, 1.165) is 5.56 Å². The standard InChI is InChI=1S/C32H42N6O8/c1-19(13-14-39)27-32(46)37-24(16-22-11-7-4-8-12-22)30(44)36-23(15-21-9-5-3-6-10-21)29(43)34-20(2)28(42)33-17-26(41)35-25(18-40)31(45)38-27/h3-12,19-20,23-25,27,39-40H,13-18H2,1-2H3,(H,33,42)(H,34,43)(H,35,41)(H,36,44)(H,37,46)(H,38,45)/t19-,20-,23+,24-,25+,27+/m1/s1. The van der Waals surface area contributed by atoms with Crippen LogP contribution in [0.15, 0.2) is 60.7 Å². The molecule has 1 heterocycles. The third kappa shape index (κ3) is 10.7. The SMILES string of the molecule is C[C@H](CCO)[C@@H]1NC(=O)[C@H](CO)NC(=O)CNC(=O)[C@@H](C)NC(=O)[C@H](Cc2ccccc2)NC(=O)[C@@H](Cc2ccccc2)NC1=O. The molecule has 6 amide bonds. The summed E-state index contributed by atoms with van der Waals surface area (Å²) in [6, 6.07) is 11.5. The molecule has 6 atom stereocenters. The van der Waals surface area contributed by atoms with E-state index in [2.05, 4.69) is 31.9 Å². The number of nitrogens with one attached hydrogen (secondary N) is 6. The van der Waals surface area contributed by atoms with Gasteiger partial charge < -0.3 is 42.1 Å². The molecule has 1 fully saturated rings. The van der Waals surface area contributed by atoms with Crippen LogP contribution in [-0.4, -0.2) is 95.6 Å². The first-order valence-corrected chi connectivity index (χ1v) is 15.1. The van der Waals surface area contributed by atoms with E-state index in [0.29, 0.717) is 5.56 Å². The first kappa shape index (κ1) is 35.7. The molecule has 2 aromatic rings. The molecule has 0 aromatic heterocycles. The quantitative estimate of drug-likeness (QED) is 0.162. The second-order valence-electron chi connectivity index (χ2n) is 11.2. The first-order chi connectivity index (χ1) is 22.0. The molecule has 14 heteroatoms. The zero-order valence-electron chi connectivity index (χ0n) is 25.8. The zero-order chi connectivity index (χ0) is 33.6. The number of hydrogen-bond acceptors (Lipinski definition) is 8. The van der Waals surface area contributed by atoms with Gasteiger partial charge in [-0.15, -0.1) is 0 Å². The number of amides is 6. The van der Waals surface area contributed by atoms with Gasteiger partial charge in [0, 0.05) is 19.4 Å². The summed E-state index contributed by atoms with van der Waals surface area (Å²) >= 11 is 0. The molecule has 1 saturated heterocycles. The summed E-state index contributed by atoms with van der Waals surface area (Å²) < 4.78 is 0. The summed E-state index contributed by atoms with van der Waals surface area (Å²) in [5, 5.41) is 34.6. The van der Waals surface area contributed by atoms with Crippen LogP contribution in [0.4, 0.5) is 0 Å². The number of aliphatic hydroxyl groups is 2. The lowest BCUT2D eigenvalue weighted by Crippen LogP contribution is -2.61. The Bertz CT molecular complexity index is 1360. The zero-order valence-corrected chi connectivity index (χ0v) is 25.8. The van der Waals surface area contributed by atoms with Crippen molar-refractivity contribution < 1.29 is 39.0 Å². The number of carbonyl (C=O) groups is 6. The van der Waals surface area contributed by atoms with Crippen LogP contribution in [0, 0.1) is 5.92 Å². The number of carbonyl (C=O) groups excluding carboxylic acids is 6. The summed E-state index contributed by atoms with van der Waals surface area (Å²) in [6.45, 7) is 1.33. The highest BCUT2D eigenvalue weighted by Crippen LogP contribution is 2.12. The van der Waals surface area contributed by atoms with Crippen molar-refractivity contribution >= 4 is 35.4 Å². The van der Waals surface area contributed by atoms with E-state index in [1.54, 1.807) is 67.6 Å². The van der Waals surface area contributed by atoms with Crippen molar-refractivity contribution in [2.45, 2.75) is 63.3 Å². The Labute approximate surface area is 267 Å². The Hall–Kier alpha value is -4.82. The van der Waals surface area contributed by atoms with Gasteiger partial charge in [0.15, 0.2) is 0 Å².